The van der Waals surface area contributed by atoms with Crippen LogP contribution >= 0.6 is 0 Å². The number of carboxylic acid groups (broad SMARTS) is 1. The molecule has 4 heteroatoms. The summed E-state index contributed by atoms with van der Waals surface area (Å²) in [5, 5.41) is 17.8. The normalized spacial score (nSPS) is 11.2. The third-order valence-corrected chi connectivity index (χ3v) is 3.41. The molecule has 0 saturated carbocycles. The first-order valence-electron chi connectivity index (χ1n) is 6.55. The summed E-state index contributed by atoms with van der Waals surface area (Å²) in [5.41, 5.74) is 4.57. The van der Waals surface area contributed by atoms with E-state index in [-0.39, 0.29) is 5.57 Å². The summed E-state index contributed by atoms with van der Waals surface area (Å²) < 4.78 is 2.04. The Bertz CT molecular complexity index is 759. The maximum absolute atomic E-state index is 10.9. The second kappa shape index (κ2) is 5.68. The molecule has 0 aliphatic carbocycles. The highest BCUT2D eigenvalue weighted by Gasteiger charge is 2.12. The Morgan fingerprint density at radius 3 is 2.38 bits per heavy atom. The largest absolute Gasteiger partial charge is 0.477 e. The molecule has 0 bridgehead atoms. The molecule has 0 spiro atoms. The molecule has 0 aliphatic heterocycles. The van der Waals surface area contributed by atoms with Crippen LogP contribution in [-0.4, -0.2) is 15.6 Å². The van der Waals surface area contributed by atoms with Gasteiger partial charge in [-0.2, -0.15) is 5.26 Å². The predicted octanol–water partition coefficient (Wildman–Crippen LogP) is 3.39. The smallest absolute Gasteiger partial charge is 0.346 e. The lowest BCUT2D eigenvalue weighted by Gasteiger charge is -2.09. The number of benzene rings is 1. The van der Waals surface area contributed by atoms with Crippen LogP contribution in [0.15, 0.2) is 35.9 Å². The molecule has 2 rings (SSSR count). The van der Waals surface area contributed by atoms with Gasteiger partial charge in [-0.3, -0.25) is 0 Å². The van der Waals surface area contributed by atoms with E-state index in [0.717, 1.165) is 22.6 Å². The fraction of sp³-hybridized carbons (Fsp3) is 0.176. The molecule has 1 aromatic carbocycles. The summed E-state index contributed by atoms with van der Waals surface area (Å²) in [6, 6.07) is 11.7. The molecule has 0 radical (unpaired) electrons. The summed E-state index contributed by atoms with van der Waals surface area (Å²) in [5.74, 6) is -1.21. The van der Waals surface area contributed by atoms with Crippen molar-refractivity contribution in [3.05, 3.63) is 58.4 Å². The predicted molar refractivity (Wildman–Crippen MR) is 81.2 cm³/mol. The molecular weight excluding hydrogens is 264 g/mol. The molecule has 0 amide bonds. The van der Waals surface area contributed by atoms with Crippen molar-refractivity contribution in [2.75, 3.05) is 0 Å². The number of hydrogen-bond acceptors (Lipinski definition) is 2. The van der Waals surface area contributed by atoms with Crippen LogP contribution in [-0.2, 0) is 4.79 Å². The van der Waals surface area contributed by atoms with E-state index < -0.39 is 5.97 Å². The molecule has 1 aromatic heterocycles. The van der Waals surface area contributed by atoms with Gasteiger partial charge in [-0.15, -0.1) is 0 Å². The van der Waals surface area contributed by atoms with Gasteiger partial charge >= 0.3 is 5.97 Å². The quantitative estimate of drug-likeness (QED) is 0.692. The SMILES string of the molecule is Cc1ccc(-n2c(C)cc(/C=C(\C#N)C(=O)O)c2C)cc1. The van der Waals surface area contributed by atoms with Crippen LogP contribution in [0.5, 0.6) is 0 Å². The summed E-state index contributed by atoms with van der Waals surface area (Å²) in [7, 11) is 0. The van der Waals surface area contributed by atoms with Crippen molar-refractivity contribution in [2.24, 2.45) is 0 Å². The lowest BCUT2D eigenvalue weighted by atomic mass is 10.1. The number of hydrogen-bond donors (Lipinski definition) is 1. The van der Waals surface area contributed by atoms with Crippen LogP contribution in [0.3, 0.4) is 0 Å². The van der Waals surface area contributed by atoms with Gasteiger partial charge in [0.1, 0.15) is 11.6 Å². The molecule has 2 aromatic rings. The highest BCUT2D eigenvalue weighted by atomic mass is 16.4. The number of carbonyl (C=O) groups is 1. The van der Waals surface area contributed by atoms with Crippen molar-refractivity contribution >= 4 is 12.0 Å². The van der Waals surface area contributed by atoms with E-state index in [1.165, 1.54) is 11.6 Å². The van der Waals surface area contributed by atoms with Gasteiger partial charge in [0.2, 0.25) is 0 Å². The van der Waals surface area contributed by atoms with E-state index in [2.05, 4.69) is 0 Å². The highest BCUT2D eigenvalue weighted by Crippen LogP contribution is 2.23. The molecule has 0 unspecified atom stereocenters. The first-order chi connectivity index (χ1) is 9.93. The lowest BCUT2D eigenvalue weighted by molar-refractivity contribution is -0.132. The Morgan fingerprint density at radius 1 is 1.24 bits per heavy atom. The molecule has 1 heterocycles. The third-order valence-electron chi connectivity index (χ3n) is 3.41. The van der Waals surface area contributed by atoms with Crippen molar-refractivity contribution in [3.63, 3.8) is 0 Å². The van der Waals surface area contributed by atoms with Gasteiger partial charge in [-0.1, -0.05) is 17.7 Å². The van der Waals surface area contributed by atoms with Gasteiger partial charge in [-0.05, 0) is 50.6 Å². The van der Waals surface area contributed by atoms with Crippen LogP contribution < -0.4 is 0 Å². The molecule has 0 saturated heterocycles. The van der Waals surface area contributed by atoms with Crippen molar-refractivity contribution in [2.45, 2.75) is 20.8 Å². The van der Waals surface area contributed by atoms with Crippen LogP contribution in [0.1, 0.15) is 22.5 Å². The highest BCUT2D eigenvalue weighted by molar-refractivity contribution is 5.96. The average Bonchev–Trinajstić information content (AvgIpc) is 2.71. The van der Waals surface area contributed by atoms with Gasteiger partial charge in [0.05, 0.1) is 0 Å². The fourth-order valence-electron chi connectivity index (χ4n) is 2.32. The summed E-state index contributed by atoms with van der Waals surface area (Å²) in [6.45, 7) is 5.89. The zero-order valence-corrected chi connectivity index (χ0v) is 12.2. The van der Waals surface area contributed by atoms with Crippen LogP contribution in [0, 0.1) is 32.1 Å². The third kappa shape index (κ3) is 2.87. The lowest BCUT2D eigenvalue weighted by Crippen LogP contribution is -2.00. The molecule has 0 atom stereocenters. The Kier molecular flexibility index (Phi) is 3.95. The maximum atomic E-state index is 10.9. The van der Waals surface area contributed by atoms with Gasteiger partial charge in [-0.25, -0.2) is 4.79 Å². The molecule has 0 fully saturated rings. The maximum Gasteiger partial charge on any atom is 0.346 e. The number of nitriles is 1. The Morgan fingerprint density at radius 2 is 1.86 bits per heavy atom. The van der Waals surface area contributed by atoms with Gasteiger partial charge in [0, 0.05) is 17.1 Å². The van der Waals surface area contributed by atoms with Gasteiger partial charge in [0.25, 0.3) is 0 Å². The van der Waals surface area contributed by atoms with E-state index in [9.17, 15) is 4.79 Å². The summed E-state index contributed by atoms with van der Waals surface area (Å²) in [6.07, 6.45) is 1.41. The number of aromatic nitrogens is 1. The van der Waals surface area contributed by atoms with Crippen LogP contribution in [0.4, 0.5) is 0 Å². The number of aliphatic carboxylic acids is 1. The van der Waals surface area contributed by atoms with Crippen molar-refractivity contribution in [1.82, 2.24) is 4.57 Å². The minimum atomic E-state index is -1.21. The van der Waals surface area contributed by atoms with Gasteiger partial charge in [0.15, 0.2) is 0 Å². The molecule has 21 heavy (non-hydrogen) atoms. The second-order valence-electron chi connectivity index (χ2n) is 4.97. The molecule has 1 N–H and O–H groups in total. The first-order valence-corrected chi connectivity index (χ1v) is 6.55. The minimum Gasteiger partial charge on any atom is -0.477 e. The zero-order valence-electron chi connectivity index (χ0n) is 12.2. The van der Waals surface area contributed by atoms with Crippen LogP contribution in [0.2, 0.25) is 0 Å². The molecular formula is C17H16N2O2. The van der Waals surface area contributed by atoms with E-state index in [0.29, 0.717) is 0 Å². The summed E-state index contributed by atoms with van der Waals surface area (Å²) in [4.78, 5) is 10.9. The summed E-state index contributed by atoms with van der Waals surface area (Å²) >= 11 is 0. The standard InChI is InChI=1S/C17H16N2O2/c1-11-4-6-16(7-5-11)19-12(2)8-14(13(19)3)9-15(10-18)17(20)21/h4-9H,1-3H3,(H,20,21)/b15-9+. The molecule has 4 nitrogen and oxygen atoms in total. The van der Waals surface area contributed by atoms with E-state index >= 15 is 0 Å². The monoisotopic (exact) mass is 280 g/mol. The van der Waals surface area contributed by atoms with Crippen LogP contribution in [0.25, 0.3) is 11.8 Å². The number of rotatable bonds is 3. The van der Waals surface area contributed by atoms with E-state index in [4.69, 9.17) is 10.4 Å². The first kappa shape index (κ1) is 14.6. The van der Waals surface area contributed by atoms with Crippen molar-refractivity contribution < 1.29 is 9.90 Å². The van der Waals surface area contributed by atoms with Crippen molar-refractivity contribution in [1.29, 1.82) is 5.26 Å². The average molecular weight is 280 g/mol. The van der Waals surface area contributed by atoms with E-state index in [1.807, 2.05) is 55.7 Å². The molecule has 106 valence electrons. The Labute approximate surface area is 123 Å². The van der Waals surface area contributed by atoms with Gasteiger partial charge < -0.3 is 9.67 Å². The zero-order chi connectivity index (χ0) is 15.6. The number of carboxylic acids is 1. The second-order valence-corrected chi connectivity index (χ2v) is 4.97. The van der Waals surface area contributed by atoms with Crippen molar-refractivity contribution in [3.8, 4) is 11.8 Å². The Balaban J connectivity index is 2.55. The minimum absolute atomic E-state index is 0.265. The van der Waals surface area contributed by atoms with E-state index in [1.54, 1.807) is 6.07 Å². The topological polar surface area (TPSA) is 66.0 Å². The number of nitrogens with zero attached hydrogens (tertiary/aromatic N) is 2. The molecule has 0 aliphatic rings. The Hall–Kier alpha value is -2.80. The number of aryl methyl sites for hydroxylation is 2. The fourth-order valence-corrected chi connectivity index (χ4v) is 2.32.